The number of nitrogens with one attached hydrogen (secondary N) is 1. The summed E-state index contributed by atoms with van der Waals surface area (Å²) in [5.41, 5.74) is 1.73. The smallest absolute Gasteiger partial charge is 0.341 e. The highest BCUT2D eigenvalue weighted by Gasteiger charge is 2.36. The van der Waals surface area contributed by atoms with E-state index in [1.807, 2.05) is 44.2 Å². The van der Waals surface area contributed by atoms with E-state index in [0.29, 0.717) is 10.6 Å². The molecular formula is C23H26N2O6S. The summed E-state index contributed by atoms with van der Waals surface area (Å²) >= 11 is 1.19. The Bertz CT molecular complexity index is 1000. The second-order valence-corrected chi connectivity index (χ2v) is 8.52. The molecule has 1 aromatic heterocycles. The molecule has 1 saturated heterocycles. The number of rotatable bonds is 8. The van der Waals surface area contributed by atoms with Crippen LogP contribution in [0.25, 0.3) is 11.1 Å². The third kappa shape index (κ3) is 5.34. The quantitative estimate of drug-likeness (QED) is 0.609. The second-order valence-electron chi connectivity index (χ2n) is 7.64. The molecule has 1 fully saturated rings. The van der Waals surface area contributed by atoms with Gasteiger partial charge in [-0.25, -0.2) is 4.79 Å². The number of thiophene rings is 1. The molecule has 0 radical (unpaired) electrons. The van der Waals surface area contributed by atoms with Crippen molar-refractivity contribution in [3.8, 4) is 11.1 Å². The average Bonchev–Trinajstić information content (AvgIpc) is 3.36. The van der Waals surface area contributed by atoms with Crippen LogP contribution in [0.1, 0.15) is 37.6 Å². The summed E-state index contributed by atoms with van der Waals surface area (Å²) in [6.07, 6.45) is 0.0804. The van der Waals surface area contributed by atoms with Gasteiger partial charge in [-0.3, -0.25) is 14.4 Å². The minimum Gasteiger partial charge on any atom is -0.462 e. The van der Waals surface area contributed by atoms with E-state index in [9.17, 15) is 19.2 Å². The Morgan fingerprint density at radius 3 is 2.53 bits per heavy atom. The van der Waals surface area contributed by atoms with Crippen molar-refractivity contribution < 1.29 is 28.7 Å². The highest BCUT2D eigenvalue weighted by atomic mass is 32.1. The van der Waals surface area contributed by atoms with Gasteiger partial charge in [-0.1, -0.05) is 30.3 Å². The lowest BCUT2D eigenvalue weighted by atomic mass is 10.0. The maximum atomic E-state index is 12.6. The van der Waals surface area contributed by atoms with Crippen molar-refractivity contribution in [2.24, 2.45) is 5.92 Å². The number of nitrogens with zero attached hydrogens (tertiary/aromatic N) is 1. The number of carbonyl (C=O) groups is 4. The lowest BCUT2D eigenvalue weighted by Crippen LogP contribution is -2.33. The van der Waals surface area contributed by atoms with Crippen LogP contribution in [0.2, 0.25) is 0 Å². The minimum absolute atomic E-state index is 0.00235. The number of esters is 2. The van der Waals surface area contributed by atoms with Gasteiger partial charge in [-0.15, -0.1) is 11.3 Å². The first-order valence-corrected chi connectivity index (χ1v) is 11.3. The van der Waals surface area contributed by atoms with E-state index in [4.69, 9.17) is 9.47 Å². The van der Waals surface area contributed by atoms with Gasteiger partial charge < -0.3 is 19.7 Å². The molecule has 0 aliphatic carbocycles. The minimum atomic E-state index is -0.585. The summed E-state index contributed by atoms with van der Waals surface area (Å²) in [5.74, 6) is -2.39. The van der Waals surface area contributed by atoms with E-state index < -0.39 is 30.4 Å². The number of hydrogen-bond acceptors (Lipinski definition) is 7. The number of amides is 2. The van der Waals surface area contributed by atoms with E-state index >= 15 is 0 Å². The molecular weight excluding hydrogens is 432 g/mol. The fourth-order valence-electron chi connectivity index (χ4n) is 3.49. The molecule has 1 aliphatic rings. The number of likely N-dealkylation sites (tertiary alicyclic amines) is 1. The fraction of sp³-hybridized carbons (Fsp3) is 0.391. The third-order valence-corrected chi connectivity index (χ3v) is 5.96. The summed E-state index contributed by atoms with van der Waals surface area (Å²) in [6, 6.07) is 9.31. The standard InChI is InChI=1S/C23H26N2O6S/c1-4-30-23(29)20-17(15-8-6-5-7-9-15)13-32-21(20)24-18(26)12-31-22(28)16-10-19(27)25(11-16)14(2)3/h5-9,13-14,16H,4,10-12H2,1-3H3,(H,24,26). The molecule has 2 heterocycles. The molecule has 2 aromatic rings. The topological polar surface area (TPSA) is 102 Å². The predicted molar refractivity (Wildman–Crippen MR) is 120 cm³/mol. The Morgan fingerprint density at radius 2 is 1.91 bits per heavy atom. The van der Waals surface area contributed by atoms with Crippen molar-refractivity contribution in [1.29, 1.82) is 0 Å². The molecule has 3 rings (SSSR count). The van der Waals surface area contributed by atoms with Crippen LogP contribution in [-0.2, 0) is 23.9 Å². The molecule has 1 atom stereocenters. The molecule has 32 heavy (non-hydrogen) atoms. The van der Waals surface area contributed by atoms with Gasteiger partial charge >= 0.3 is 11.9 Å². The largest absolute Gasteiger partial charge is 0.462 e. The molecule has 8 nitrogen and oxygen atoms in total. The Labute approximate surface area is 190 Å². The SMILES string of the molecule is CCOC(=O)c1c(-c2ccccc2)csc1NC(=O)COC(=O)C1CC(=O)N(C(C)C)C1. The highest BCUT2D eigenvalue weighted by molar-refractivity contribution is 7.15. The Morgan fingerprint density at radius 1 is 1.19 bits per heavy atom. The molecule has 2 amide bonds. The van der Waals surface area contributed by atoms with Crippen LogP contribution in [0.3, 0.4) is 0 Å². The Hall–Kier alpha value is -3.20. The number of carbonyl (C=O) groups excluding carboxylic acids is 4. The van der Waals surface area contributed by atoms with E-state index in [0.717, 1.165) is 5.56 Å². The first-order chi connectivity index (χ1) is 15.3. The maximum Gasteiger partial charge on any atom is 0.341 e. The van der Waals surface area contributed by atoms with Crippen LogP contribution >= 0.6 is 11.3 Å². The van der Waals surface area contributed by atoms with Crippen molar-refractivity contribution in [2.75, 3.05) is 25.1 Å². The number of ether oxygens (including phenoxy) is 2. The zero-order valence-corrected chi connectivity index (χ0v) is 19.1. The fourth-order valence-corrected chi connectivity index (χ4v) is 4.47. The van der Waals surface area contributed by atoms with E-state index in [-0.39, 0.29) is 37.1 Å². The van der Waals surface area contributed by atoms with Crippen molar-refractivity contribution in [3.05, 3.63) is 41.3 Å². The Balaban J connectivity index is 1.66. The van der Waals surface area contributed by atoms with Crippen molar-refractivity contribution >= 4 is 40.1 Å². The van der Waals surface area contributed by atoms with Gasteiger partial charge in [-0.05, 0) is 26.3 Å². The van der Waals surface area contributed by atoms with Crippen molar-refractivity contribution in [1.82, 2.24) is 4.90 Å². The van der Waals surface area contributed by atoms with Gasteiger partial charge in [0.2, 0.25) is 5.91 Å². The molecule has 0 saturated carbocycles. The number of hydrogen-bond donors (Lipinski definition) is 1. The first-order valence-electron chi connectivity index (χ1n) is 10.4. The summed E-state index contributed by atoms with van der Waals surface area (Å²) in [4.78, 5) is 50.9. The summed E-state index contributed by atoms with van der Waals surface area (Å²) in [7, 11) is 0. The Kier molecular flexibility index (Phi) is 7.63. The van der Waals surface area contributed by atoms with Crippen molar-refractivity contribution in [2.45, 2.75) is 33.2 Å². The van der Waals surface area contributed by atoms with Gasteiger partial charge in [0, 0.05) is 30.0 Å². The summed E-state index contributed by atoms with van der Waals surface area (Å²) in [6.45, 7) is 5.44. The molecule has 9 heteroatoms. The zero-order valence-electron chi connectivity index (χ0n) is 18.3. The number of benzene rings is 1. The third-order valence-electron chi connectivity index (χ3n) is 5.07. The molecule has 0 bridgehead atoms. The highest BCUT2D eigenvalue weighted by Crippen LogP contribution is 2.36. The van der Waals surface area contributed by atoms with Gasteiger partial charge in [0.1, 0.15) is 10.6 Å². The van der Waals surface area contributed by atoms with E-state index in [1.54, 1.807) is 17.2 Å². The van der Waals surface area contributed by atoms with Crippen LogP contribution in [0.4, 0.5) is 5.00 Å². The average molecular weight is 459 g/mol. The second kappa shape index (κ2) is 10.4. The predicted octanol–water partition coefficient (Wildman–Crippen LogP) is 3.33. The summed E-state index contributed by atoms with van der Waals surface area (Å²) < 4.78 is 10.3. The molecule has 1 unspecified atom stereocenters. The molecule has 1 N–H and O–H groups in total. The molecule has 1 aromatic carbocycles. The normalized spacial score (nSPS) is 15.7. The van der Waals surface area contributed by atoms with Gasteiger partial charge in [0.05, 0.1) is 12.5 Å². The van der Waals surface area contributed by atoms with Gasteiger partial charge in [0.25, 0.3) is 5.91 Å². The summed E-state index contributed by atoms with van der Waals surface area (Å²) in [5, 5.41) is 4.74. The lowest BCUT2D eigenvalue weighted by molar-refractivity contribution is -0.151. The van der Waals surface area contributed by atoms with E-state index in [1.165, 1.54) is 11.3 Å². The van der Waals surface area contributed by atoms with Crippen LogP contribution in [0, 0.1) is 5.92 Å². The first kappa shape index (κ1) is 23.5. The lowest BCUT2D eigenvalue weighted by Gasteiger charge is -2.20. The van der Waals surface area contributed by atoms with Gasteiger partial charge in [0.15, 0.2) is 6.61 Å². The molecule has 1 aliphatic heterocycles. The van der Waals surface area contributed by atoms with E-state index in [2.05, 4.69) is 5.32 Å². The van der Waals surface area contributed by atoms with Crippen LogP contribution in [0.5, 0.6) is 0 Å². The number of anilines is 1. The molecule has 170 valence electrons. The van der Waals surface area contributed by atoms with Crippen LogP contribution in [-0.4, -0.2) is 54.5 Å². The zero-order chi connectivity index (χ0) is 23.3. The van der Waals surface area contributed by atoms with Crippen LogP contribution < -0.4 is 5.32 Å². The maximum absolute atomic E-state index is 12.6. The monoisotopic (exact) mass is 458 g/mol. The van der Waals surface area contributed by atoms with Gasteiger partial charge in [-0.2, -0.15) is 0 Å². The molecule has 0 spiro atoms. The van der Waals surface area contributed by atoms with Crippen LogP contribution in [0.15, 0.2) is 35.7 Å². The van der Waals surface area contributed by atoms with Crippen molar-refractivity contribution in [3.63, 3.8) is 0 Å².